The van der Waals surface area contributed by atoms with Crippen LogP contribution in [0.3, 0.4) is 0 Å². The topological polar surface area (TPSA) is 29.5 Å². The molecular formula is C22H26FN2O2+. The summed E-state index contributed by atoms with van der Waals surface area (Å²) < 4.78 is 20.2. The van der Waals surface area contributed by atoms with Gasteiger partial charge in [-0.2, -0.15) is 0 Å². The van der Waals surface area contributed by atoms with Gasteiger partial charge in [0.05, 0.1) is 26.7 Å². The van der Waals surface area contributed by atoms with Crippen molar-refractivity contribution in [2.75, 3.05) is 31.6 Å². The average molecular weight is 369 g/mol. The van der Waals surface area contributed by atoms with E-state index < -0.39 is 0 Å². The van der Waals surface area contributed by atoms with Crippen molar-refractivity contribution < 1.29 is 18.4 Å². The molecule has 0 unspecified atom stereocenters. The molecule has 3 saturated heterocycles. The molecule has 3 aliphatic rings. The van der Waals surface area contributed by atoms with Crippen LogP contribution in [0.25, 0.3) is 0 Å². The lowest BCUT2D eigenvalue weighted by Crippen LogP contribution is -2.62. The zero-order valence-electron chi connectivity index (χ0n) is 15.7. The molecule has 5 heteroatoms. The van der Waals surface area contributed by atoms with Crippen LogP contribution in [-0.2, 0) is 11.3 Å². The fourth-order valence-corrected chi connectivity index (χ4v) is 4.32. The molecule has 0 spiro atoms. The summed E-state index contributed by atoms with van der Waals surface area (Å²) >= 11 is 0. The van der Waals surface area contributed by atoms with Crippen molar-refractivity contribution in [3.05, 3.63) is 66.0 Å². The van der Waals surface area contributed by atoms with Gasteiger partial charge in [-0.25, -0.2) is 9.18 Å². The Kier molecular flexibility index (Phi) is 4.87. The molecule has 1 amide bonds. The Balaban J connectivity index is 1.53. The number of piperidine rings is 3. The van der Waals surface area contributed by atoms with Crippen LogP contribution >= 0.6 is 0 Å². The Bertz CT molecular complexity index is 786. The van der Waals surface area contributed by atoms with Crippen molar-refractivity contribution in [1.82, 2.24) is 0 Å². The maximum absolute atomic E-state index is 13.2. The SMILES string of the molecule is C[N+]12CCC(CC1)[C@@H](OC(=O)N(Cc1ccc(F)cc1)c1ccccc1)C2. The number of fused-ring (bicyclic) bond motifs is 3. The number of quaternary nitrogens is 1. The predicted molar refractivity (Wildman–Crippen MR) is 103 cm³/mol. The molecule has 0 saturated carbocycles. The van der Waals surface area contributed by atoms with Crippen molar-refractivity contribution in [3.63, 3.8) is 0 Å². The van der Waals surface area contributed by atoms with Crippen LogP contribution in [0, 0.1) is 11.7 Å². The second-order valence-electron chi connectivity index (χ2n) is 8.06. The monoisotopic (exact) mass is 369 g/mol. The van der Waals surface area contributed by atoms with E-state index in [0.29, 0.717) is 12.5 Å². The quantitative estimate of drug-likeness (QED) is 0.756. The zero-order valence-corrected chi connectivity index (χ0v) is 15.7. The van der Waals surface area contributed by atoms with Crippen molar-refractivity contribution in [1.29, 1.82) is 0 Å². The highest BCUT2D eigenvalue weighted by atomic mass is 19.1. The number of ether oxygens (including phenoxy) is 1. The number of benzene rings is 2. The van der Waals surface area contributed by atoms with Crippen molar-refractivity contribution >= 4 is 11.8 Å². The van der Waals surface area contributed by atoms with E-state index in [4.69, 9.17) is 4.74 Å². The van der Waals surface area contributed by atoms with Crippen LogP contribution in [0.2, 0.25) is 0 Å². The van der Waals surface area contributed by atoms with Gasteiger partial charge in [0.15, 0.2) is 6.10 Å². The molecule has 0 aromatic heterocycles. The third-order valence-electron chi connectivity index (χ3n) is 6.02. The number of rotatable bonds is 4. The van der Waals surface area contributed by atoms with E-state index in [-0.39, 0.29) is 18.0 Å². The molecular weight excluding hydrogens is 343 g/mol. The molecule has 1 atom stereocenters. The van der Waals surface area contributed by atoms with E-state index in [1.807, 2.05) is 30.3 Å². The molecule has 142 valence electrons. The lowest BCUT2D eigenvalue weighted by Gasteiger charge is -2.49. The smallest absolute Gasteiger partial charge is 0.415 e. The van der Waals surface area contributed by atoms with E-state index in [0.717, 1.165) is 35.1 Å². The second-order valence-corrected chi connectivity index (χ2v) is 8.06. The number of amides is 1. The Labute approximate surface area is 159 Å². The number of carbonyl (C=O) groups excluding carboxylic acids is 1. The Morgan fingerprint density at radius 1 is 1.11 bits per heavy atom. The largest absolute Gasteiger partial charge is 0.440 e. The summed E-state index contributed by atoms with van der Waals surface area (Å²) in [5.41, 5.74) is 1.65. The minimum atomic E-state index is -0.323. The minimum Gasteiger partial charge on any atom is -0.440 e. The van der Waals surface area contributed by atoms with Crippen molar-refractivity contribution in [3.8, 4) is 0 Å². The minimum absolute atomic E-state index is 0.0237. The van der Waals surface area contributed by atoms with Crippen LogP contribution < -0.4 is 4.90 Å². The number of nitrogens with zero attached hydrogens (tertiary/aromatic N) is 2. The van der Waals surface area contributed by atoms with Gasteiger partial charge in [-0.15, -0.1) is 0 Å². The number of anilines is 1. The highest BCUT2D eigenvalue weighted by molar-refractivity contribution is 5.87. The van der Waals surface area contributed by atoms with Gasteiger partial charge in [-0.1, -0.05) is 30.3 Å². The molecule has 0 aliphatic carbocycles. The molecule has 3 fully saturated rings. The van der Waals surface area contributed by atoms with Crippen LogP contribution in [0.4, 0.5) is 14.9 Å². The molecule has 0 N–H and O–H groups in total. The van der Waals surface area contributed by atoms with Gasteiger partial charge in [0.2, 0.25) is 0 Å². The second kappa shape index (κ2) is 7.31. The van der Waals surface area contributed by atoms with E-state index >= 15 is 0 Å². The third-order valence-corrected chi connectivity index (χ3v) is 6.02. The van der Waals surface area contributed by atoms with Gasteiger partial charge in [0.25, 0.3) is 0 Å². The van der Waals surface area contributed by atoms with Gasteiger partial charge in [-0.3, -0.25) is 4.90 Å². The van der Waals surface area contributed by atoms with Gasteiger partial charge >= 0.3 is 6.09 Å². The zero-order chi connectivity index (χ0) is 18.9. The van der Waals surface area contributed by atoms with Crippen molar-refractivity contribution in [2.24, 2.45) is 5.92 Å². The Hall–Kier alpha value is -2.40. The van der Waals surface area contributed by atoms with Crippen LogP contribution in [-0.4, -0.2) is 43.4 Å². The number of halogens is 1. The predicted octanol–water partition coefficient (Wildman–Crippen LogP) is 4.21. The van der Waals surface area contributed by atoms with Gasteiger partial charge in [0, 0.05) is 24.4 Å². The number of hydrogen-bond donors (Lipinski definition) is 0. The van der Waals surface area contributed by atoms with Crippen LogP contribution in [0.1, 0.15) is 18.4 Å². The maximum atomic E-state index is 13.2. The summed E-state index contributed by atoms with van der Waals surface area (Å²) in [5.74, 6) is 0.189. The molecule has 5 rings (SSSR count). The van der Waals surface area contributed by atoms with Crippen molar-refractivity contribution in [2.45, 2.75) is 25.5 Å². The third kappa shape index (κ3) is 3.98. The molecule has 2 aromatic carbocycles. The molecule has 0 radical (unpaired) electrons. The molecule has 3 aliphatic heterocycles. The molecule has 27 heavy (non-hydrogen) atoms. The molecule has 2 bridgehead atoms. The maximum Gasteiger partial charge on any atom is 0.415 e. The average Bonchev–Trinajstić information content (AvgIpc) is 2.68. The Morgan fingerprint density at radius 3 is 2.41 bits per heavy atom. The summed E-state index contributed by atoms with van der Waals surface area (Å²) in [6, 6.07) is 15.8. The van der Waals surface area contributed by atoms with Gasteiger partial charge in [-0.05, 0) is 29.8 Å². The number of para-hydroxylation sites is 1. The standard InChI is InChI=1S/C22H26FN2O2/c1-25-13-11-18(12-14-25)21(16-25)27-22(26)24(20-5-3-2-4-6-20)15-17-7-9-19(23)10-8-17/h2-10,18,21H,11-16H2,1H3/q+1/t18?,21-,25?/m0/s1. The fourth-order valence-electron chi connectivity index (χ4n) is 4.32. The summed E-state index contributed by atoms with van der Waals surface area (Å²) in [4.78, 5) is 14.7. The summed E-state index contributed by atoms with van der Waals surface area (Å²) in [5, 5.41) is 0. The first-order valence-electron chi connectivity index (χ1n) is 9.64. The first kappa shape index (κ1) is 18.0. The van der Waals surface area contributed by atoms with E-state index in [1.165, 1.54) is 25.2 Å². The lowest BCUT2D eigenvalue weighted by atomic mass is 9.84. The van der Waals surface area contributed by atoms with E-state index in [9.17, 15) is 9.18 Å². The molecule has 2 aromatic rings. The lowest BCUT2D eigenvalue weighted by molar-refractivity contribution is -0.928. The van der Waals surface area contributed by atoms with E-state index in [2.05, 4.69) is 7.05 Å². The fraction of sp³-hybridized carbons (Fsp3) is 0.409. The highest BCUT2D eigenvalue weighted by Crippen LogP contribution is 2.34. The highest BCUT2D eigenvalue weighted by Gasteiger charge is 2.45. The number of carbonyl (C=O) groups is 1. The van der Waals surface area contributed by atoms with Crippen LogP contribution in [0.15, 0.2) is 54.6 Å². The summed E-state index contributed by atoms with van der Waals surface area (Å²) in [6.45, 7) is 3.61. The van der Waals surface area contributed by atoms with Gasteiger partial charge in [0.1, 0.15) is 12.4 Å². The number of hydrogen-bond acceptors (Lipinski definition) is 2. The van der Waals surface area contributed by atoms with Gasteiger partial charge < -0.3 is 9.22 Å². The normalized spacial score (nSPS) is 26.6. The van der Waals surface area contributed by atoms with Crippen LogP contribution in [0.5, 0.6) is 0 Å². The summed E-state index contributed by atoms with van der Waals surface area (Å²) in [6.07, 6.45) is 1.90. The molecule has 3 heterocycles. The summed E-state index contributed by atoms with van der Waals surface area (Å²) in [7, 11) is 2.25. The molecule has 4 nitrogen and oxygen atoms in total. The number of likely N-dealkylation sites (N-methyl/N-ethyl adjacent to an activating group) is 1. The first-order valence-corrected chi connectivity index (χ1v) is 9.64. The van der Waals surface area contributed by atoms with E-state index in [1.54, 1.807) is 17.0 Å². The Morgan fingerprint density at radius 2 is 1.78 bits per heavy atom. The first-order chi connectivity index (χ1) is 13.0.